The molecule has 0 radical (unpaired) electrons. The second kappa shape index (κ2) is 38.3. The summed E-state index contributed by atoms with van der Waals surface area (Å²) in [6, 6.07) is 58.0. The predicted molar refractivity (Wildman–Crippen MR) is 520 cm³/mol. The molecule has 20 rings (SSSR count). The zero-order chi connectivity index (χ0) is 94.4. The molecule has 0 bridgehead atoms. The molecule has 0 atom stereocenters. The van der Waals surface area contributed by atoms with Crippen molar-refractivity contribution in [3.8, 4) is 44.9 Å². The number of nitrogens with one attached hydrogen (secondary N) is 2. The zero-order valence-electron chi connectivity index (χ0n) is 68.0. The number of benzene rings is 11. The number of anilines is 2. The number of hydrogen-bond donors (Lipinski definition) is 7. The van der Waals surface area contributed by atoms with E-state index in [0.717, 1.165) is 39.3 Å². The third kappa shape index (κ3) is 18.3. The van der Waals surface area contributed by atoms with Gasteiger partial charge in [-0.05, 0) is 163 Å². The molecule has 7 N–H and O–H groups in total. The van der Waals surface area contributed by atoms with Gasteiger partial charge in [0.15, 0.2) is 27.1 Å². The fraction of sp³-hybridized carbons (Fsp3) is 0.0632. The summed E-state index contributed by atoms with van der Waals surface area (Å²) in [4.78, 5) is 122. The molecule has 666 valence electrons. The van der Waals surface area contributed by atoms with Crippen LogP contribution in [0.15, 0.2) is 270 Å². The lowest BCUT2D eigenvalue weighted by Crippen LogP contribution is -2.16. The number of hydrogen-bond acceptors (Lipinski definition) is 16. The van der Waals surface area contributed by atoms with Gasteiger partial charge in [-0.25, -0.2) is 0 Å². The third-order valence-corrected chi connectivity index (χ3v) is 25.5. The topological polar surface area (TPSA) is 394 Å². The number of aliphatic carboxylic acids is 5. The minimum atomic E-state index is -1.07. The van der Waals surface area contributed by atoms with E-state index in [-0.39, 0.29) is 116 Å². The highest BCUT2D eigenvalue weighted by Gasteiger charge is 2.26. The first-order valence-electron chi connectivity index (χ1n) is 39.3. The van der Waals surface area contributed by atoms with Crippen molar-refractivity contribution < 1.29 is 58.4 Å². The molecular formula is C95H59Cl10N11O17. The maximum Gasteiger partial charge on any atom is 0.323 e. The number of halogens is 10. The average molecular weight is 1980 g/mol. The molecule has 28 nitrogen and oxygen atoms in total. The minimum absolute atomic E-state index is 0.135. The number of carboxylic acid groups (broad SMARTS) is 5. The third-order valence-electron chi connectivity index (χ3n) is 21.5. The Hall–Kier alpha value is -14.3. The van der Waals surface area contributed by atoms with E-state index in [1.165, 1.54) is 59.4 Å². The standard InChI is InChI=1S/C21H14Cl2N2O3.C19H13Cl2N3O3.C19H11Cl2NO4.C18H11Cl2N3O3.C18H10Cl2N2O4/c22-16-9-8-15-20(19(16)23)25(11-18(26)27)17-10-13(6-7-14(17)21(15)28)24-12-4-2-1-3-5-12;1-23-7-6-14(22-23)10-2-3-11-15(8-10)24(9-16(25)26)18-12(19(11)27)4-5-13(20)17(18)21;20-14-4-3-13-18(17(14)21)22(8-16(23)24)15-7-10(11-5-6-26-9-11)1-2-12(15)19(13)25;19-12-4-3-11-17(16(12)20)23(8-15(24)25)14-7-9(13-5-6-21-22-13)1-2-10(14)18(11)26;19-12-4-3-11-17(16(12)20)22(8-15(23)24)14-7-9(13-5-6-26-21-13)1-2-10(14)18(11)25/h1-10,24H,11H2,(H,26,27);2-8H,9H2,1H3,(H,25,26);1-7,9H,8H2,(H,23,24);1-7H,8H2,(H,21,22)(H,24,25);1-7H,8H2,(H,23,24). The molecule has 0 saturated carbocycles. The number of aryl methyl sites for hydroxylation is 1. The second-order valence-electron chi connectivity index (χ2n) is 29.7. The van der Waals surface area contributed by atoms with Crippen molar-refractivity contribution in [3.63, 3.8) is 0 Å². The van der Waals surface area contributed by atoms with Gasteiger partial charge in [0.2, 0.25) is 0 Å². The number of carbonyl (C=O) groups is 5. The lowest BCUT2D eigenvalue weighted by atomic mass is 10.0. The van der Waals surface area contributed by atoms with Crippen LogP contribution in [0, 0.1) is 0 Å². The molecule has 0 aliphatic carbocycles. The monoisotopic (exact) mass is 1980 g/mol. The van der Waals surface area contributed by atoms with Crippen LogP contribution in [0.3, 0.4) is 0 Å². The Balaban J connectivity index is 0.000000121. The number of aromatic amines is 1. The van der Waals surface area contributed by atoms with Gasteiger partial charge in [-0.3, -0.25) is 57.7 Å². The Kier molecular flexibility index (Phi) is 26.5. The van der Waals surface area contributed by atoms with Crippen LogP contribution in [0.2, 0.25) is 50.2 Å². The first-order valence-corrected chi connectivity index (χ1v) is 43.1. The maximum atomic E-state index is 13.0. The van der Waals surface area contributed by atoms with Crippen molar-refractivity contribution in [2.75, 3.05) is 5.32 Å². The molecule has 0 unspecified atom stereocenters. The molecule has 0 aliphatic rings. The number of nitrogens with zero attached hydrogens (tertiary/aromatic N) is 9. The Morgan fingerprint density at radius 1 is 0.346 bits per heavy atom. The molecule has 9 aromatic heterocycles. The first kappa shape index (κ1) is 92.0. The summed E-state index contributed by atoms with van der Waals surface area (Å²) in [5.41, 5.74) is 10.1. The van der Waals surface area contributed by atoms with E-state index in [9.17, 15) is 73.5 Å². The Labute approximate surface area is 795 Å². The fourth-order valence-corrected chi connectivity index (χ4v) is 17.8. The number of aromatic nitrogens is 10. The van der Waals surface area contributed by atoms with Crippen LogP contribution in [0.25, 0.3) is 154 Å². The van der Waals surface area contributed by atoms with Gasteiger partial charge in [-0.15, -0.1) is 0 Å². The van der Waals surface area contributed by atoms with Gasteiger partial charge >= 0.3 is 29.8 Å². The highest BCUT2D eigenvalue weighted by Crippen LogP contribution is 2.40. The number of furan rings is 1. The molecule has 38 heteroatoms. The summed E-state index contributed by atoms with van der Waals surface area (Å²) >= 11 is 62.2. The van der Waals surface area contributed by atoms with Gasteiger partial charge in [0, 0.05) is 113 Å². The van der Waals surface area contributed by atoms with E-state index < -0.39 is 29.8 Å². The van der Waals surface area contributed by atoms with Gasteiger partial charge < -0.3 is 62.6 Å². The van der Waals surface area contributed by atoms with Crippen molar-refractivity contribution in [1.82, 2.24) is 48.0 Å². The van der Waals surface area contributed by atoms with Crippen molar-refractivity contribution in [2.45, 2.75) is 32.7 Å². The van der Waals surface area contributed by atoms with Crippen LogP contribution in [0.1, 0.15) is 0 Å². The molecule has 0 amide bonds. The van der Waals surface area contributed by atoms with Crippen molar-refractivity contribution >= 4 is 266 Å². The molecule has 0 aliphatic heterocycles. The van der Waals surface area contributed by atoms with Crippen LogP contribution in [-0.2, 0) is 63.7 Å². The molecule has 0 saturated heterocycles. The van der Waals surface area contributed by atoms with Crippen molar-refractivity contribution in [2.24, 2.45) is 7.05 Å². The van der Waals surface area contributed by atoms with E-state index in [1.807, 2.05) is 36.4 Å². The number of rotatable bonds is 16. The van der Waals surface area contributed by atoms with E-state index >= 15 is 0 Å². The Morgan fingerprint density at radius 3 is 1.02 bits per heavy atom. The SMILES string of the molecule is Cn1ccc(-c2ccc3c(=O)c4ccc(Cl)c(Cl)c4n(CC(=O)O)c3c2)n1.O=C(O)Cn1c2cc(-c3ccn[nH]3)ccc2c(=O)c2ccc(Cl)c(Cl)c21.O=C(O)Cn1c2cc(-c3ccoc3)ccc2c(=O)c2ccc(Cl)c(Cl)c21.O=C(O)Cn1c2cc(-c3ccon3)ccc2c(=O)c2ccc(Cl)c(Cl)c21.O=C(O)Cn1c2cc(Nc3ccccc3)ccc2c(=O)c2ccc(Cl)c(Cl)c21. The van der Waals surface area contributed by atoms with E-state index in [2.05, 4.69) is 25.8 Å². The Bertz CT molecular complexity index is 8100. The molecule has 9 heterocycles. The van der Waals surface area contributed by atoms with Gasteiger partial charge in [-0.2, -0.15) is 10.2 Å². The number of carboxylic acids is 5. The predicted octanol–water partition coefficient (Wildman–Crippen LogP) is 22.2. The maximum absolute atomic E-state index is 13.0. The Morgan fingerprint density at radius 2 is 0.684 bits per heavy atom. The van der Waals surface area contributed by atoms with Crippen LogP contribution in [0.4, 0.5) is 11.4 Å². The highest BCUT2D eigenvalue weighted by molar-refractivity contribution is 6.48. The van der Waals surface area contributed by atoms with E-state index in [0.29, 0.717) is 120 Å². The van der Waals surface area contributed by atoms with Crippen LogP contribution < -0.4 is 32.5 Å². The number of H-pyrrole nitrogens is 1. The molecule has 0 fully saturated rings. The lowest BCUT2D eigenvalue weighted by Gasteiger charge is -2.16. The first-order chi connectivity index (χ1) is 63.7. The van der Waals surface area contributed by atoms with Crippen LogP contribution in [-0.4, -0.2) is 103 Å². The number of para-hydroxylation sites is 1. The van der Waals surface area contributed by atoms with Crippen LogP contribution in [0.5, 0.6) is 0 Å². The smallest absolute Gasteiger partial charge is 0.323 e. The number of pyridine rings is 5. The van der Waals surface area contributed by atoms with E-state index in [4.69, 9.17) is 125 Å². The summed E-state index contributed by atoms with van der Waals surface area (Å²) in [6.45, 7) is -1.82. The molecular weight excluding hydrogens is 1920 g/mol. The molecule has 20 aromatic rings. The number of fused-ring (bicyclic) bond motifs is 10. The summed E-state index contributed by atoms with van der Waals surface area (Å²) in [6.07, 6.45) is 7.97. The lowest BCUT2D eigenvalue weighted by molar-refractivity contribution is -0.138. The summed E-state index contributed by atoms with van der Waals surface area (Å²) in [7, 11) is 1.81. The minimum Gasteiger partial charge on any atom is -0.480 e. The molecule has 133 heavy (non-hydrogen) atoms. The fourth-order valence-electron chi connectivity index (χ4n) is 15.7. The zero-order valence-corrected chi connectivity index (χ0v) is 75.6. The van der Waals surface area contributed by atoms with Crippen molar-refractivity contribution in [1.29, 1.82) is 0 Å². The molecule has 11 aromatic carbocycles. The van der Waals surface area contributed by atoms with E-state index in [1.54, 1.807) is 176 Å². The van der Waals surface area contributed by atoms with Crippen LogP contribution >= 0.6 is 116 Å². The second-order valence-corrected chi connectivity index (χ2v) is 33.7. The summed E-state index contributed by atoms with van der Waals surface area (Å²) < 4.78 is 19.1. The van der Waals surface area contributed by atoms with Gasteiger partial charge in [0.1, 0.15) is 44.7 Å². The van der Waals surface area contributed by atoms with Gasteiger partial charge in [0.25, 0.3) is 0 Å². The van der Waals surface area contributed by atoms with Gasteiger partial charge in [-0.1, -0.05) is 164 Å². The quantitative estimate of drug-likeness (QED) is 0.0442. The summed E-state index contributed by atoms with van der Waals surface area (Å²) in [5.74, 6) is -5.29. The largest absolute Gasteiger partial charge is 0.480 e. The van der Waals surface area contributed by atoms with Gasteiger partial charge in [0.05, 0.1) is 129 Å². The average Bonchev–Trinajstić information content (AvgIpc) is 1.24. The normalized spacial score (nSPS) is 11.3. The molecule has 0 spiro atoms. The summed E-state index contributed by atoms with van der Waals surface area (Å²) in [5, 5.41) is 70.8. The highest BCUT2D eigenvalue weighted by atomic mass is 35.5. The van der Waals surface area contributed by atoms with Crippen molar-refractivity contribution in [3.05, 3.63) is 339 Å².